The first-order valence-electron chi connectivity index (χ1n) is 15.3. The maximum atomic E-state index is 11.9. The van der Waals surface area contributed by atoms with E-state index in [-0.39, 0.29) is 11.1 Å². The van der Waals surface area contributed by atoms with Crippen LogP contribution in [0.3, 0.4) is 0 Å². The van der Waals surface area contributed by atoms with Gasteiger partial charge in [-0.3, -0.25) is 19.9 Å². The van der Waals surface area contributed by atoms with E-state index in [1.807, 2.05) is 42.5 Å². The van der Waals surface area contributed by atoms with E-state index in [0.717, 1.165) is 78.1 Å². The number of para-hydroxylation sites is 1. The van der Waals surface area contributed by atoms with Crippen molar-refractivity contribution in [2.45, 2.75) is 19.4 Å². The lowest BCUT2D eigenvalue weighted by molar-refractivity contribution is -0.115. The Hall–Kier alpha value is -5.06. The summed E-state index contributed by atoms with van der Waals surface area (Å²) in [5.74, 6) is 2.38. The molecular weight excluding hydrogens is 597 g/mol. The zero-order valence-corrected chi connectivity index (χ0v) is 25.9. The summed E-state index contributed by atoms with van der Waals surface area (Å²) in [5.41, 5.74) is 3.62. The number of ether oxygens (including phenoxy) is 1. The Morgan fingerprint density at radius 1 is 0.913 bits per heavy atom. The summed E-state index contributed by atoms with van der Waals surface area (Å²) in [7, 11) is 0. The minimum absolute atomic E-state index is 0.346. The molecule has 2 aliphatic heterocycles. The van der Waals surface area contributed by atoms with Gasteiger partial charge in [0.15, 0.2) is 0 Å². The van der Waals surface area contributed by atoms with Crippen molar-refractivity contribution in [3.63, 3.8) is 0 Å². The Morgan fingerprint density at radius 3 is 2.46 bits per heavy atom. The highest BCUT2D eigenvalue weighted by atomic mass is 32.2. The summed E-state index contributed by atoms with van der Waals surface area (Å²) < 4.78 is 5.98. The lowest BCUT2D eigenvalue weighted by atomic mass is 9.97. The Balaban J connectivity index is 0.968. The van der Waals surface area contributed by atoms with Gasteiger partial charge in [0.2, 0.25) is 5.95 Å². The normalized spacial score (nSPS) is 16.3. The van der Waals surface area contributed by atoms with Crippen molar-refractivity contribution >= 4 is 45.7 Å². The molecule has 2 fully saturated rings. The summed E-state index contributed by atoms with van der Waals surface area (Å²) >= 11 is 0.888. The SMILES string of the molecule is O=C1NC(=O)/C(=C/c2ccnc(N3CCC(CNCc4nc(-c5ccc(Oc6ccccc6)cc5)cc5ccccc45)CC3)n2)S1. The zero-order valence-electron chi connectivity index (χ0n) is 25.1. The van der Waals surface area contributed by atoms with Gasteiger partial charge in [-0.25, -0.2) is 9.97 Å². The molecule has 10 heteroatoms. The lowest BCUT2D eigenvalue weighted by Crippen LogP contribution is -2.38. The summed E-state index contributed by atoms with van der Waals surface area (Å²) in [6, 6.07) is 30.2. The molecule has 0 saturated carbocycles. The number of benzene rings is 3. The molecule has 0 bridgehead atoms. The second-order valence-corrected chi connectivity index (χ2v) is 12.3. The van der Waals surface area contributed by atoms with Crippen LogP contribution in [0.25, 0.3) is 28.1 Å². The van der Waals surface area contributed by atoms with Gasteiger partial charge in [-0.15, -0.1) is 0 Å². The number of piperidine rings is 1. The second kappa shape index (κ2) is 13.5. The summed E-state index contributed by atoms with van der Waals surface area (Å²) in [6.45, 7) is 3.27. The molecule has 4 heterocycles. The third-order valence-electron chi connectivity index (χ3n) is 8.16. The van der Waals surface area contributed by atoms with Gasteiger partial charge in [0.05, 0.1) is 22.0 Å². The largest absolute Gasteiger partial charge is 0.457 e. The number of nitrogens with one attached hydrogen (secondary N) is 2. The van der Waals surface area contributed by atoms with Crippen LogP contribution in [0.4, 0.5) is 10.7 Å². The minimum Gasteiger partial charge on any atom is -0.457 e. The molecule has 0 atom stereocenters. The molecule has 7 rings (SSSR count). The van der Waals surface area contributed by atoms with Gasteiger partial charge < -0.3 is 15.0 Å². The number of fused-ring (bicyclic) bond motifs is 1. The molecule has 5 aromatic rings. The number of rotatable bonds is 9. The molecule has 0 radical (unpaired) electrons. The fourth-order valence-electron chi connectivity index (χ4n) is 5.75. The van der Waals surface area contributed by atoms with Crippen LogP contribution in [-0.2, 0) is 11.3 Å². The Kier molecular flexibility index (Phi) is 8.71. The Morgan fingerprint density at radius 2 is 1.67 bits per heavy atom. The molecule has 0 aliphatic carbocycles. The number of carbonyl (C=O) groups is 2. The molecule has 2 saturated heterocycles. The van der Waals surface area contributed by atoms with E-state index < -0.39 is 0 Å². The Bertz CT molecular complexity index is 1910. The number of hydrogen-bond donors (Lipinski definition) is 2. The van der Waals surface area contributed by atoms with Crippen LogP contribution in [0.2, 0.25) is 0 Å². The van der Waals surface area contributed by atoms with Crippen molar-refractivity contribution in [3.05, 3.63) is 113 Å². The lowest BCUT2D eigenvalue weighted by Gasteiger charge is -2.32. The number of thioether (sulfide) groups is 1. The number of nitrogens with zero attached hydrogens (tertiary/aromatic N) is 4. The number of imide groups is 1. The summed E-state index contributed by atoms with van der Waals surface area (Å²) in [5, 5.41) is 7.91. The molecule has 0 spiro atoms. The molecule has 9 nitrogen and oxygen atoms in total. The second-order valence-electron chi connectivity index (χ2n) is 11.3. The molecule has 2 amide bonds. The van der Waals surface area contributed by atoms with Crippen molar-refractivity contribution < 1.29 is 14.3 Å². The molecule has 3 aromatic carbocycles. The molecular formula is C36H32N6O3S. The predicted molar refractivity (Wildman–Crippen MR) is 181 cm³/mol. The van der Waals surface area contributed by atoms with E-state index in [4.69, 9.17) is 9.72 Å². The van der Waals surface area contributed by atoms with Crippen LogP contribution in [0.5, 0.6) is 11.5 Å². The van der Waals surface area contributed by atoms with Gasteiger partial charge in [0.25, 0.3) is 11.1 Å². The number of pyridine rings is 1. The van der Waals surface area contributed by atoms with Gasteiger partial charge in [-0.2, -0.15) is 0 Å². The van der Waals surface area contributed by atoms with Gasteiger partial charge in [-0.05, 0) is 97.1 Å². The number of aromatic nitrogens is 3. The maximum absolute atomic E-state index is 11.9. The van der Waals surface area contributed by atoms with Gasteiger partial charge >= 0.3 is 0 Å². The highest BCUT2D eigenvalue weighted by Crippen LogP contribution is 2.29. The van der Waals surface area contributed by atoms with E-state index in [9.17, 15) is 9.59 Å². The van der Waals surface area contributed by atoms with Crippen molar-refractivity contribution in [2.24, 2.45) is 5.92 Å². The van der Waals surface area contributed by atoms with E-state index in [0.29, 0.717) is 29.0 Å². The molecule has 2 aliphatic rings. The first-order valence-corrected chi connectivity index (χ1v) is 16.1. The van der Waals surface area contributed by atoms with Crippen molar-refractivity contribution in [2.75, 3.05) is 24.5 Å². The highest BCUT2D eigenvalue weighted by Gasteiger charge is 2.26. The van der Waals surface area contributed by atoms with Crippen LogP contribution in [0, 0.1) is 5.92 Å². The molecule has 2 N–H and O–H groups in total. The van der Waals surface area contributed by atoms with Gasteiger partial charge in [0.1, 0.15) is 11.5 Å². The molecule has 2 aromatic heterocycles. The summed E-state index contributed by atoms with van der Waals surface area (Å²) in [6.07, 6.45) is 5.36. The van der Waals surface area contributed by atoms with E-state index in [2.05, 4.69) is 68.0 Å². The predicted octanol–water partition coefficient (Wildman–Crippen LogP) is 6.81. The van der Waals surface area contributed by atoms with E-state index in [1.54, 1.807) is 18.3 Å². The highest BCUT2D eigenvalue weighted by molar-refractivity contribution is 8.18. The number of hydrogen-bond acceptors (Lipinski definition) is 9. The van der Waals surface area contributed by atoms with Gasteiger partial charge in [0, 0.05) is 36.8 Å². The monoisotopic (exact) mass is 628 g/mol. The van der Waals surface area contributed by atoms with Gasteiger partial charge in [-0.1, -0.05) is 42.5 Å². The number of amides is 2. The Labute approximate surface area is 271 Å². The fourth-order valence-corrected chi connectivity index (χ4v) is 6.42. The topological polar surface area (TPSA) is 109 Å². The quantitative estimate of drug-likeness (QED) is 0.170. The van der Waals surface area contributed by atoms with Crippen LogP contribution < -0.4 is 20.3 Å². The van der Waals surface area contributed by atoms with Crippen LogP contribution in [-0.4, -0.2) is 45.7 Å². The van der Waals surface area contributed by atoms with Crippen molar-refractivity contribution in [3.8, 4) is 22.8 Å². The first kappa shape index (κ1) is 29.6. The van der Waals surface area contributed by atoms with Crippen LogP contribution in [0.1, 0.15) is 24.2 Å². The van der Waals surface area contributed by atoms with Crippen molar-refractivity contribution in [1.29, 1.82) is 0 Å². The van der Waals surface area contributed by atoms with Crippen LogP contribution >= 0.6 is 11.8 Å². The van der Waals surface area contributed by atoms with Crippen molar-refractivity contribution in [1.82, 2.24) is 25.6 Å². The van der Waals surface area contributed by atoms with E-state index in [1.165, 1.54) is 5.39 Å². The fraction of sp³-hybridized carbons (Fsp3) is 0.194. The van der Waals surface area contributed by atoms with Crippen LogP contribution in [0.15, 0.2) is 102 Å². The zero-order chi connectivity index (χ0) is 31.3. The summed E-state index contributed by atoms with van der Waals surface area (Å²) in [4.78, 5) is 40.1. The first-order chi connectivity index (χ1) is 22.6. The smallest absolute Gasteiger partial charge is 0.290 e. The maximum Gasteiger partial charge on any atom is 0.290 e. The third-order valence-corrected chi connectivity index (χ3v) is 8.97. The molecule has 0 unspecified atom stereocenters. The number of carbonyl (C=O) groups excluding carboxylic acids is 2. The average molecular weight is 629 g/mol. The molecule has 46 heavy (non-hydrogen) atoms. The average Bonchev–Trinajstić information content (AvgIpc) is 3.41. The minimum atomic E-state index is -0.387. The number of anilines is 1. The van der Waals surface area contributed by atoms with E-state index >= 15 is 0 Å². The third kappa shape index (κ3) is 6.93. The molecule has 230 valence electrons. The standard InChI is InChI=1S/C36H32N6O3S/c43-34-33(46-36(44)41-34)21-27-14-17-38-35(39-27)42-18-15-24(16-19-42)22-37-23-32-30-9-5-4-6-26(30)20-31(40-32)25-10-12-29(13-11-25)45-28-7-2-1-3-8-28/h1-14,17,20-21,24,37H,15-16,18-19,22-23H2,(H,41,43,44)/b33-21-.